The summed E-state index contributed by atoms with van der Waals surface area (Å²) >= 11 is 12.3. The number of nitrogens with zero attached hydrogens (tertiary/aromatic N) is 2. The van der Waals surface area contributed by atoms with Gasteiger partial charge in [0.2, 0.25) is 0 Å². The van der Waals surface area contributed by atoms with Gasteiger partial charge in [-0.1, -0.05) is 37.0 Å². The molecule has 1 saturated heterocycles. The molecular weight excluding hydrogens is 269 g/mol. The molecule has 100 valence electrons. The highest BCUT2D eigenvalue weighted by atomic mass is 35.5. The lowest BCUT2D eigenvalue weighted by Gasteiger charge is -2.21. The van der Waals surface area contributed by atoms with Gasteiger partial charge in [-0.3, -0.25) is 0 Å². The number of halogens is 2. The van der Waals surface area contributed by atoms with Crippen molar-refractivity contribution < 1.29 is 0 Å². The van der Waals surface area contributed by atoms with Crippen molar-refractivity contribution in [2.45, 2.75) is 20.3 Å². The van der Waals surface area contributed by atoms with Gasteiger partial charge < -0.3 is 10.2 Å². The molecule has 3 nitrogen and oxygen atoms in total. The van der Waals surface area contributed by atoms with Crippen LogP contribution in [0.25, 0.3) is 0 Å². The fourth-order valence-corrected chi connectivity index (χ4v) is 2.95. The van der Waals surface area contributed by atoms with E-state index in [0.717, 1.165) is 24.8 Å². The second kappa shape index (κ2) is 5.54. The van der Waals surface area contributed by atoms with Crippen LogP contribution in [0.15, 0.2) is 6.07 Å². The van der Waals surface area contributed by atoms with Gasteiger partial charge in [-0.15, -0.1) is 0 Å². The summed E-state index contributed by atoms with van der Waals surface area (Å²) in [5.74, 6) is 2.94. The summed E-state index contributed by atoms with van der Waals surface area (Å²) in [5.41, 5.74) is 0. The number of hydrogen-bond acceptors (Lipinski definition) is 3. The molecule has 18 heavy (non-hydrogen) atoms. The molecule has 1 fully saturated rings. The molecule has 0 aliphatic carbocycles. The van der Waals surface area contributed by atoms with Crippen molar-refractivity contribution in [3.63, 3.8) is 0 Å². The van der Waals surface area contributed by atoms with Crippen LogP contribution in [0.4, 0.5) is 11.6 Å². The van der Waals surface area contributed by atoms with Crippen LogP contribution in [0, 0.1) is 11.8 Å². The Morgan fingerprint density at radius 2 is 2.11 bits per heavy atom. The van der Waals surface area contributed by atoms with E-state index in [-0.39, 0.29) is 0 Å². The van der Waals surface area contributed by atoms with E-state index >= 15 is 0 Å². The fraction of sp³-hybridized carbons (Fsp3) is 0.615. The summed E-state index contributed by atoms with van der Waals surface area (Å²) in [6.07, 6.45) is 1.20. The molecule has 0 aromatic carbocycles. The molecular formula is C13H19Cl2N3. The second-order valence-corrected chi connectivity index (χ2v) is 5.93. The van der Waals surface area contributed by atoms with Gasteiger partial charge in [0.05, 0.1) is 10.0 Å². The molecule has 5 heteroatoms. The predicted octanol–water partition coefficient (Wildman–Crippen LogP) is 3.91. The SMILES string of the molecule is CNc1nc(N2CCC(C(C)C)C2)c(Cl)cc1Cl. The Morgan fingerprint density at radius 1 is 1.39 bits per heavy atom. The van der Waals surface area contributed by atoms with Crippen molar-refractivity contribution in [3.8, 4) is 0 Å². The van der Waals surface area contributed by atoms with Crippen LogP contribution in [0.2, 0.25) is 10.0 Å². The van der Waals surface area contributed by atoms with Crippen LogP contribution in [0.3, 0.4) is 0 Å². The Bertz CT molecular complexity index is 434. The van der Waals surface area contributed by atoms with Gasteiger partial charge in [0, 0.05) is 20.1 Å². The lowest BCUT2D eigenvalue weighted by atomic mass is 9.95. The first-order chi connectivity index (χ1) is 8.52. The van der Waals surface area contributed by atoms with Crippen molar-refractivity contribution in [2.24, 2.45) is 11.8 Å². The molecule has 0 amide bonds. The number of pyridine rings is 1. The monoisotopic (exact) mass is 287 g/mol. The fourth-order valence-electron chi connectivity index (χ4n) is 2.38. The van der Waals surface area contributed by atoms with Gasteiger partial charge in [0.15, 0.2) is 0 Å². The second-order valence-electron chi connectivity index (χ2n) is 5.11. The van der Waals surface area contributed by atoms with Gasteiger partial charge in [-0.25, -0.2) is 4.98 Å². The van der Waals surface area contributed by atoms with Crippen molar-refractivity contribution in [1.29, 1.82) is 0 Å². The maximum absolute atomic E-state index is 6.25. The summed E-state index contributed by atoms with van der Waals surface area (Å²) in [6.45, 7) is 6.57. The smallest absolute Gasteiger partial charge is 0.149 e. The minimum Gasteiger partial charge on any atom is -0.372 e. The van der Waals surface area contributed by atoms with Crippen molar-refractivity contribution in [3.05, 3.63) is 16.1 Å². The Balaban J connectivity index is 2.24. The molecule has 0 bridgehead atoms. The van der Waals surface area contributed by atoms with E-state index in [4.69, 9.17) is 23.2 Å². The Kier molecular flexibility index (Phi) is 4.23. The minimum absolute atomic E-state index is 0.561. The van der Waals surface area contributed by atoms with Crippen LogP contribution in [-0.4, -0.2) is 25.1 Å². The topological polar surface area (TPSA) is 28.2 Å². The van der Waals surface area contributed by atoms with Crippen LogP contribution in [0.1, 0.15) is 20.3 Å². The highest BCUT2D eigenvalue weighted by Crippen LogP contribution is 2.35. The molecule has 2 heterocycles. The number of hydrogen-bond donors (Lipinski definition) is 1. The maximum atomic E-state index is 6.25. The number of anilines is 2. The summed E-state index contributed by atoms with van der Waals surface area (Å²) in [4.78, 5) is 6.77. The van der Waals surface area contributed by atoms with Crippen LogP contribution >= 0.6 is 23.2 Å². The van der Waals surface area contributed by atoms with Crippen molar-refractivity contribution in [2.75, 3.05) is 30.4 Å². The first-order valence-electron chi connectivity index (χ1n) is 6.31. The quantitative estimate of drug-likeness (QED) is 0.914. The van der Waals surface area contributed by atoms with Gasteiger partial charge in [-0.05, 0) is 24.3 Å². The average Bonchev–Trinajstić information content (AvgIpc) is 2.78. The highest BCUT2D eigenvalue weighted by molar-refractivity contribution is 6.37. The molecule has 1 aliphatic heterocycles. The minimum atomic E-state index is 0.561. The van der Waals surface area contributed by atoms with Crippen LogP contribution in [0.5, 0.6) is 0 Å². The molecule has 2 rings (SSSR count). The molecule has 1 aliphatic rings. The number of rotatable bonds is 3. The number of nitrogens with one attached hydrogen (secondary N) is 1. The molecule has 1 unspecified atom stereocenters. The lowest BCUT2D eigenvalue weighted by molar-refractivity contribution is 0.422. The standard InChI is InChI=1S/C13H19Cl2N3/c1-8(2)9-4-5-18(7-9)13-11(15)6-10(14)12(16-3)17-13/h6,8-9H,4-5,7H2,1-3H3,(H,16,17). The summed E-state index contributed by atoms with van der Waals surface area (Å²) in [5, 5.41) is 4.18. The van der Waals surface area contributed by atoms with Gasteiger partial charge in [0.1, 0.15) is 11.6 Å². The van der Waals surface area contributed by atoms with E-state index in [2.05, 4.69) is 29.0 Å². The third-order valence-corrected chi connectivity index (χ3v) is 4.18. The van der Waals surface area contributed by atoms with Crippen molar-refractivity contribution >= 4 is 34.8 Å². The van der Waals surface area contributed by atoms with Crippen LogP contribution in [-0.2, 0) is 0 Å². The molecule has 0 spiro atoms. The average molecular weight is 288 g/mol. The molecule has 1 aromatic rings. The summed E-state index contributed by atoms with van der Waals surface area (Å²) in [7, 11) is 1.81. The van der Waals surface area contributed by atoms with E-state index in [1.54, 1.807) is 6.07 Å². The van der Waals surface area contributed by atoms with Gasteiger partial charge >= 0.3 is 0 Å². The highest BCUT2D eigenvalue weighted by Gasteiger charge is 2.27. The zero-order valence-corrected chi connectivity index (χ0v) is 12.5. The summed E-state index contributed by atoms with van der Waals surface area (Å²) < 4.78 is 0. The van der Waals surface area contributed by atoms with E-state index < -0.39 is 0 Å². The lowest BCUT2D eigenvalue weighted by Crippen LogP contribution is -2.22. The molecule has 0 saturated carbocycles. The van der Waals surface area contributed by atoms with Gasteiger partial charge in [-0.2, -0.15) is 0 Å². The largest absolute Gasteiger partial charge is 0.372 e. The Morgan fingerprint density at radius 3 is 2.67 bits per heavy atom. The molecule has 1 N–H and O–H groups in total. The van der Waals surface area contributed by atoms with E-state index in [1.807, 2.05) is 7.05 Å². The Labute approximate surface area is 118 Å². The third kappa shape index (κ3) is 2.67. The maximum Gasteiger partial charge on any atom is 0.149 e. The number of aromatic nitrogens is 1. The normalized spacial score (nSPS) is 19.7. The Hall–Kier alpha value is -0.670. The third-order valence-electron chi connectivity index (χ3n) is 3.61. The molecule has 1 atom stereocenters. The first-order valence-corrected chi connectivity index (χ1v) is 7.07. The van der Waals surface area contributed by atoms with Crippen molar-refractivity contribution in [1.82, 2.24) is 4.98 Å². The molecule has 0 radical (unpaired) electrons. The summed E-state index contributed by atoms with van der Waals surface area (Å²) in [6, 6.07) is 1.76. The van der Waals surface area contributed by atoms with E-state index in [9.17, 15) is 0 Å². The predicted molar refractivity (Wildman–Crippen MR) is 79.0 cm³/mol. The van der Waals surface area contributed by atoms with E-state index in [0.29, 0.717) is 21.8 Å². The van der Waals surface area contributed by atoms with E-state index in [1.165, 1.54) is 6.42 Å². The zero-order chi connectivity index (χ0) is 13.3. The van der Waals surface area contributed by atoms with Gasteiger partial charge in [0.25, 0.3) is 0 Å². The first kappa shape index (κ1) is 13.8. The zero-order valence-electron chi connectivity index (χ0n) is 11.0. The van der Waals surface area contributed by atoms with Crippen LogP contribution < -0.4 is 10.2 Å². The molecule has 1 aromatic heterocycles.